The zero-order chi connectivity index (χ0) is 23.7. The highest BCUT2D eigenvalue weighted by Gasteiger charge is 2.28. The third-order valence-corrected chi connectivity index (χ3v) is 6.79. The van der Waals surface area contributed by atoms with Crippen LogP contribution < -0.4 is 9.47 Å². The number of aromatic nitrogens is 3. The van der Waals surface area contributed by atoms with Crippen LogP contribution in [0.1, 0.15) is 27.9 Å². The Morgan fingerprint density at radius 2 is 1.85 bits per heavy atom. The van der Waals surface area contributed by atoms with Crippen molar-refractivity contribution in [1.29, 1.82) is 0 Å². The molecule has 0 atom stereocenters. The van der Waals surface area contributed by atoms with Gasteiger partial charge in [-0.05, 0) is 30.7 Å². The Kier molecular flexibility index (Phi) is 6.17. The molecule has 2 aromatic heterocycles. The Morgan fingerprint density at radius 1 is 1.06 bits per heavy atom. The van der Waals surface area contributed by atoms with E-state index < -0.39 is 0 Å². The molecule has 1 aliphatic rings. The Bertz CT molecular complexity index is 1380. The Labute approximate surface area is 200 Å². The number of nitrogens with zero attached hydrogens (tertiary/aromatic N) is 3. The number of hydrogen-bond donors (Lipinski definition) is 1. The molecule has 8 heteroatoms. The van der Waals surface area contributed by atoms with E-state index in [0.29, 0.717) is 51.5 Å². The molecule has 0 unspecified atom stereocenters. The van der Waals surface area contributed by atoms with Gasteiger partial charge in [-0.15, -0.1) is 11.8 Å². The molecule has 2 aromatic carbocycles. The lowest BCUT2D eigenvalue weighted by Crippen LogP contribution is -2.13. The van der Waals surface area contributed by atoms with Crippen molar-refractivity contribution >= 4 is 11.8 Å². The summed E-state index contributed by atoms with van der Waals surface area (Å²) >= 11 is 1.43. The number of para-hydroxylation sites is 1. The molecule has 1 N–H and O–H groups in total. The summed E-state index contributed by atoms with van der Waals surface area (Å²) in [5.41, 5.74) is 4.40. The Hall–Kier alpha value is -3.49. The second-order valence-electron chi connectivity index (χ2n) is 7.83. The molecule has 34 heavy (non-hydrogen) atoms. The topological polar surface area (TPSA) is 77.4 Å². The molecule has 0 aliphatic carbocycles. The molecule has 4 aromatic rings. The lowest BCUT2D eigenvalue weighted by Gasteiger charge is -2.24. The van der Waals surface area contributed by atoms with E-state index in [-0.39, 0.29) is 12.4 Å². The van der Waals surface area contributed by atoms with E-state index in [4.69, 9.17) is 19.4 Å². The average molecular weight is 476 g/mol. The standard InChI is InChI=1S/C26H22FN3O3S/c1-15-23-19(17(13-31)12-28-15)11-20-25(33-23)29-24(18-8-4-6-10-22(18)32-2)30-26(20)34-14-16-7-3-5-9-21(16)27/h3-10,12,31H,11,13-14H2,1-2H3. The van der Waals surface area contributed by atoms with Gasteiger partial charge in [0, 0.05) is 29.5 Å². The molecular weight excluding hydrogens is 453 g/mol. The molecule has 1 aliphatic heterocycles. The molecule has 172 valence electrons. The fraction of sp³-hybridized carbons (Fsp3) is 0.192. The number of benzene rings is 2. The summed E-state index contributed by atoms with van der Waals surface area (Å²) in [4.78, 5) is 13.9. The second-order valence-corrected chi connectivity index (χ2v) is 8.79. The number of ether oxygens (including phenoxy) is 2. The molecular formula is C26H22FN3O3S. The molecule has 0 radical (unpaired) electrons. The van der Waals surface area contributed by atoms with Crippen molar-refractivity contribution in [3.8, 4) is 28.8 Å². The van der Waals surface area contributed by atoms with Crippen LogP contribution in [0, 0.1) is 12.7 Å². The number of aliphatic hydroxyl groups excluding tert-OH is 1. The zero-order valence-corrected chi connectivity index (χ0v) is 19.5. The summed E-state index contributed by atoms with van der Waals surface area (Å²) in [7, 11) is 1.60. The molecule has 0 bridgehead atoms. The van der Waals surface area contributed by atoms with Crippen molar-refractivity contribution in [2.24, 2.45) is 0 Å². The summed E-state index contributed by atoms with van der Waals surface area (Å²) < 4.78 is 26.1. The van der Waals surface area contributed by atoms with Crippen LogP contribution in [-0.4, -0.2) is 27.2 Å². The van der Waals surface area contributed by atoms with E-state index in [9.17, 15) is 9.50 Å². The molecule has 0 spiro atoms. The maximum absolute atomic E-state index is 14.3. The number of rotatable bonds is 6. The normalized spacial score (nSPS) is 12.0. The third-order valence-electron chi connectivity index (χ3n) is 5.73. The highest BCUT2D eigenvalue weighted by molar-refractivity contribution is 7.98. The number of aryl methyl sites for hydroxylation is 1. The van der Waals surface area contributed by atoms with Crippen LogP contribution in [0.15, 0.2) is 59.8 Å². The van der Waals surface area contributed by atoms with E-state index in [1.54, 1.807) is 25.4 Å². The van der Waals surface area contributed by atoms with Gasteiger partial charge in [-0.3, -0.25) is 4.98 Å². The van der Waals surface area contributed by atoms with Gasteiger partial charge in [-0.1, -0.05) is 30.3 Å². The van der Waals surface area contributed by atoms with Gasteiger partial charge in [0.2, 0.25) is 5.88 Å². The van der Waals surface area contributed by atoms with Crippen molar-refractivity contribution in [3.63, 3.8) is 0 Å². The van der Waals surface area contributed by atoms with Crippen LogP contribution in [0.25, 0.3) is 11.4 Å². The number of hydrogen-bond acceptors (Lipinski definition) is 7. The molecule has 0 saturated heterocycles. The number of halogens is 1. The lowest BCUT2D eigenvalue weighted by atomic mass is 9.99. The fourth-order valence-corrected chi connectivity index (χ4v) is 4.94. The fourth-order valence-electron chi connectivity index (χ4n) is 3.92. The highest BCUT2D eigenvalue weighted by atomic mass is 32.2. The Morgan fingerprint density at radius 3 is 2.65 bits per heavy atom. The molecule has 0 amide bonds. The quantitative estimate of drug-likeness (QED) is 0.258. The van der Waals surface area contributed by atoms with E-state index >= 15 is 0 Å². The van der Waals surface area contributed by atoms with Gasteiger partial charge in [-0.2, -0.15) is 4.98 Å². The maximum Gasteiger partial charge on any atom is 0.227 e. The SMILES string of the molecule is COc1ccccc1-c1nc2c(c(SCc3ccccc3F)n1)Cc1c(CO)cnc(C)c1O2. The molecule has 3 heterocycles. The largest absolute Gasteiger partial charge is 0.496 e. The predicted octanol–water partition coefficient (Wildman–Crippen LogP) is 5.48. The second kappa shape index (κ2) is 9.40. The molecule has 0 fully saturated rings. The van der Waals surface area contributed by atoms with E-state index in [0.717, 1.165) is 22.4 Å². The van der Waals surface area contributed by atoms with Gasteiger partial charge in [0.1, 0.15) is 16.6 Å². The first-order chi connectivity index (χ1) is 16.6. The van der Waals surface area contributed by atoms with Crippen LogP contribution >= 0.6 is 11.8 Å². The summed E-state index contributed by atoms with van der Waals surface area (Å²) in [6.07, 6.45) is 2.15. The third kappa shape index (κ3) is 4.10. The number of fused-ring (bicyclic) bond motifs is 2. The van der Waals surface area contributed by atoms with Crippen LogP contribution in [-0.2, 0) is 18.8 Å². The van der Waals surface area contributed by atoms with Crippen molar-refractivity contribution < 1.29 is 19.0 Å². The number of aliphatic hydroxyl groups is 1. The minimum atomic E-state index is -0.256. The van der Waals surface area contributed by atoms with Crippen molar-refractivity contribution in [1.82, 2.24) is 15.0 Å². The van der Waals surface area contributed by atoms with Gasteiger partial charge in [-0.25, -0.2) is 9.37 Å². The van der Waals surface area contributed by atoms with E-state index in [1.165, 1.54) is 17.8 Å². The lowest BCUT2D eigenvalue weighted by molar-refractivity contribution is 0.278. The van der Waals surface area contributed by atoms with Crippen LogP contribution in [0.5, 0.6) is 17.4 Å². The van der Waals surface area contributed by atoms with Gasteiger partial charge >= 0.3 is 0 Å². The number of methoxy groups -OCH3 is 1. The molecule has 5 rings (SSSR count). The minimum Gasteiger partial charge on any atom is -0.496 e. The first-order valence-corrected chi connectivity index (χ1v) is 11.7. The zero-order valence-electron chi connectivity index (χ0n) is 18.7. The first kappa shape index (κ1) is 22.3. The van der Waals surface area contributed by atoms with Gasteiger partial charge in [0.15, 0.2) is 11.6 Å². The Balaban J connectivity index is 1.62. The smallest absolute Gasteiger partial charge is 0.227 e. The number of thioether (sulfide) groups is 1. The van der Waals surface area contributed by atoms with Crippen LogP contribution in [0.2, 0.25) is 0 Å². The summed E-state index contributed by atoms with van der Waals surface area (Å²) in [6, 6.07) is 14.2. The van der Waals surface area contributed by atoms with E-state index in [1.807, 2.05) is 37.3 Å². The first-order valence-electron chi connectivity index (χ1n) is 10.8. The summed E-state index contributed by atoms with van der Waals surface area (Å²) in [6.45, 7) is 1.72. The monoisotopic (exact) mass is 475 g/mol. The molecule has 6 nitrogen and oxygen atoms in total. The van der Waals surface area contributed by atoms with Gasteiger partial charge in [0.05, 0.1) is 30.5 Å². The van der Waals surface area contributed by atoms with E-state index in [2.05, 4.69) is 4.98 Å². The van der Waals surface area contributed by atoms with Crippen molar-refractivity contribution in [3.05, 3.63) is 88.5 Å². The maximum atomic E-state index is 14.3. The van der Waals surface area contributed by atoms with Crippen molar-refractivity contribution in [2.75, 3.05) is 7.11 Å². The average Bonchev–Trinajstić information content (AvgIpc) is 2.87. The summed E-state index contributed by atoms with van der Waals surface area (Å²) in [5, 5.41) is 10.5. The highest BCUT2D eigenvalue weighted by Crippen LogP contribution is 2.43. The predicted molar refractivity (Wildman–Crippen MR) is 128 cm³/mol. The van der Waals surface area contributed by atoms with Gasteiger partial charge < -0.3 is 14.6 Å². The molecule has 0 saturated carbocycles. The van der Waals surface area contributed by atoms with Gasteiger partial charge in [0.25, 0.3) is 0 Å². The van der Waals surface area contributed by atoms with Crippen LogP contribution in [0.4, 0.5) is 4.39 Å². The minimum absolute atomic E-state index is 0.147. The summed E-state index contributed by atoms with van der Waals surface area (Å²) in [5.74, 6) is 2.28. The van der Waals surface area contributed by atoms with Crippen molar-refractivity contribution in [2.45, 2.75) is 30.7 Å². The van der Waals surface area contributed by atoms with Crippen LogP contribution in [0.3, 0.4) is 0 Å². The number of pyridine rings is 1.